The number of rotatable bonds is 20. The molecule has 1 saturated heterocycles. The highest BCUT2D eigenvalue weighted by Crippen LogP contribution is 2.22. The Morgan fingerprint density at radius 2 is 1.64 bits per heavy atom. The van der Waals surface area contributed by atoms with Crippen LogP contribution in [0.4, 0.5) is 0 Å². The van der Waals surface area contributed by atoms with Gasteiger partial charge in [-0.05, 0) is 44.8 Å². The fourth-order valence-corrected chi connectivity index (χ4v) is 4.82. The number of aliphatic hydroxyl groups is 3. The van der Waals surface area contributed by atoms with Crippen LogP contribution in [0.5, 0.6) is 0 Å². The third kappa shape index (κ3) is 13.1. The Labute approximate surface area is 248 Å². The van der Waals surface area contributed by atoms with Crippen molar-refractivity contribution in [2.24, 2.45) is 0 Å². The zero-order valence-corrected chi connectivity index (χ0v) is 24.9. The van der Waals surface area contributed by atoms with Gasteiger partial charge in [0.15, 0.2) is 6.29 Å². The molecule has 1 aliphatic heterocycles. The molecule has 3 unspecified atom stereocenters. The Hall–Kier alpha value is -2.61. The van der Waals surface area contributed by atoms with Crippen molar-refractivity contribution in [3.05, 3.63) is 35.9 Å². The lowest BCUT2D eigenvalue weighted by molar-refractivity contribution is -0.270. The second-order valence-corrected chi connectivity index (χ2v) is 10.7. The van der Waals surface area contributed by atoms with Gasteiger partial charge in [-0.1, -0.05) is 49.6 Å². The number of hydrogen-bond donors (Lipinski definition) is 7. The summed E-state index contributed by atoms with van der Waals surface area (Å²) in [4.78, 5) is 37.0. The van der Waals surface area contributed by atoms with Gasteiger partial charge >= 0.3 is 0 Å². The van der Waals surface area contributed by atoms with Crippen molar-refractivity contribution in [3.8, 4) is 0 Å². The second-order valence-electron chi connectivity index (χ2n) is 10.7. The summed E-state index contributed by atoms with van der Waals surface area (Å²) < 4.78 is 11.3. The molecule has 3 amide bonds. The Bertz CT molecular complexity index is 922. The zero-order chi connectivity index (χ0) is 30.7. The zero-order valence-electron chi connectivity index (χ0n) is 24.9. The molecular formula is C30H50N4O8. The number of nitrogens with one attached hydrogen (secondary N) is 4. The Balaban J connectivity index is 1.72. The molecule has 42 heavy (non-hydrogen) atoms. The molecule has 1 aromatic rings. The topological polar surface area (TPSA) is 178 Å². The highest BCUT2D eigenvalue weighted by atomic mass is 16.7. The van der Waals surface area contributed by atoms with Gasteiger partial charge in [0.05, 0.1) is 6.61 Å². The van der Waals surface area contributed by atoms with Gasteiger partial charge in [0.2, 0.25) is 17.7 Å². The van der Waals surface area contributed by atoms with Gasteiger partial charge < -0.3 is 46.1 Å². The van der Waals surface area contributed by atoms with E-state index in [1.165, 1.54) is 6.92 Å². The summed E-state index contributed by atoms with van der Waals surface area (Å²) in [6.45, 7) is 2.47. The molecule has 238 valence electrons. The summed E-state index contributed by atoms with van der Waals surface area (Å²) in [5.41, 5.74) is 0.974. The molecule has 1 aliphatic rings. The first-order valence-corrected chi connectivity index (χ1v) is 15.0. The summed E-state index contributed by atoms with van der Waals surface area (Å²) in [6, 6.07) is 8.01. The summed E-state index contributed by atoms with van der Waals surface area (Å²) in [5, 5.41) is 41.3. The molecule has 12 nitrogen and oxygen atoms in total. The van der Waals surface area contributed by atoms with Crippen LogP contribution in [0.25, 0.3) is 0 Å². The number of hydrogen-bond acceptors (Lipinski definition) is 9. The van der Waals surface area contributed by atoms with Gasteiger partial charge in [-0.25, -0.2) is 0 Å². The summed E-state index contributed by atoms with van der Waals surface area (Å²) >= 11 is 0. The predicted octanol–water partition coefficient (Wildman–Crippen LogP) is 0.131. The van der Waals surface area contributed by atoms with Crippen molar-refractivity contribution in [1.82, 2.24) is 21.3 Å². The standard InChI is InChI=1S/C30H50N4O8/c1-21(36)33-26-28(39)27(38)24(20-35)42-30(26)41-18-12-4-3-11-17-32-29(40)23(19-22-13-7-5-8-14-22)34-25(37)15-9-6-10-16-31-2/h5,7-8,13-14,23-24,26-28,30-31,35,38-39H,3-4,6,9-12,15-20H2,1-2H3,(H,32,40)(H,33,36)(H,34,37)/t23-,24?,26?,27+,28?,30+/m0/s1. The van der Waals surface area contributed by atoms with Crippen LogP contribution in [0.2, 0.25) is 0 Å². The van der Waals surface area contributed by atoms with E-state index in [9.17, 15) is 29.7 Å². The molecule has 0 aromatic heterocycles. The molecule has 1 aromatic carbocycles. The van der Waals surface area contributed by atoms with Crippen LogP contribution >= 0.6 is 0 Å². The largest absolute Gasteiger partial charge is 0.394 e. The molecule has 2 rings (SSSR count). The van der Waals surface area contributed by atoms with Crippen LogP contribution in [-0.4, -0.2) is 103 Å². The van der Waals surface area contributed by atoms with E-state index in [-0.39, 0.29) is 18.4 Å². The van der Waals surface area contributed by atoms with Crippen LogP contribution in [0.1, 0.15) is 63.9 Å². The highest BCUT2D eigenvalue weighted by molar-refractivity contribution is 5.87. The van der Waals surface area contributed by atoms with Gasteiger partial charge in [-0.15, -0.1) is 0 Å². The monoisotopic (exact) mass is 594 g/mol. The second kappa shape index (κ2) is 20.3. The van der Waals surface area contributed by atoms with Gasteiger partial charge in [0, 0.05) is 32.9 Å². The highest BCUT2D eigenvalue weighted by Gasteiger charge is 2.45. The lowest BCUT2D eigenvalue weighted by atomic mass is 9.97. The first-order chi connectivity index (χ1) is 20.3. The minimum absolute atomic E-state index is 0.120. The van der Waals surface area contributed by atoms with Gasteiger partial charge in [-0.3, -0.25) is 14.4 Å². The van der Waals surface area contributed by atoms with Crippen molar-refractivity contribution in [3.63, 3.8) is 0 Å². The van der Waals surface area contributed by atoms with Crippen LogP contribution in [0.15, 0.2) is 30.3 Å². The molecule has 0 saturated carbocycles. The predicted molar refractivity (Wildman–Crippen MR) is 157 cm³/mol. The molecule has 0 spiro atoms. The molecule has 1 fully saturated rings. The summed E-state index contributed by atoms with van der Waals surface area (Å²) in [6.07, 6.45) is 1.88. The molecule has 6 atom stereocenters. The summed E-state index contributed by atoms with van der Waals surface area (Å²) in [5.74, 6) is -0.729. The molecular weight excluding hydrogens is 544 g/mol. The number of carbonyl (C=O) groups excluding carboxylic acids is 3. The van der Waals surface area contributed by atoms with E-state index in [0.29, 0.717) is 25.8 Å². The van der Waals surface area contributed by atoms with Crippen molar-refractivity contribution < 1.29 is 39.2 Å². The molecule has 0 aliphatic carbocycles. The number of benzene rings is 1. The van der Waals surface area contributed by atoms with Gasteiger partial charge in [0.25, 0.3) is 0 Å². The fraction of sp³-hybridized carbons (Fsp3) is 0.700. The third-order valence-corrected chi connectivity index (χ3v) is 7.17. The fourth-order valence-electron chi connectivity index (χ4n) is 4.82. The smallest absolute Gasteiger partial charge is 0.242 e. The average Bonchev–Trinajstić information content (AvgIpc) is 2.97. The molecule has 7 N–H and O–H groups in total. The van der Waals surface area contributed by atoms with E-state index >= 15 is 0 Å². The maximum atomic E-state index is 13.0. The Morgan fingerprint density at radius 3 is 2.33 bits per heavy atom. The van der Waals surface area contributed by atoms with Crippen LogP contribution in [0.3, 0.4) is 0 Å². The first kappa shape index (κ1) is 35.6. The Morgan fingerprint density at radius 1 is 0.952 bits per heavy atom. The molecule has 1 heterocycles. The van der Waals surface area contributed by atoms with Crippen LogP contribution < -0.4 is 21.3 Å². The molecule has 12 heteroatoms. The third-order valence-electron chi connectivity index (χ3n) is 7.17. The van der Waals surface area contributed by atoms with Crippen LogP contribution in [0, 0.1) is 0 Å². The first-order valence-electron chi connectivity index (χ1n) is 15.0. The van der Waals surface area contributed by atoms with Crippen LogP contribution in [-0.2, 0) is 30.3 Å². The van der Waals surface area contributed by atoms with E-state index < -0.39 is 49.2 Å². The molecule has 0 radical (unpaired) electrons. The number of amides is 3. The minimum atomic E-state index is -1.35. The maximum Gasteiger partial charge on any atom is 0.242 e. The number of aliphatic hydroxyl groups excluding tert-OH is 3. The van der Waals surface area contributed by atoms with Crippen molar-refractivity contribution >= 4 is 17.7 Å². The van der Waals surface area contributed by atoms with E-state index in [4.69, 9.17) is 9.47 Å². The summed E-state index contributed by atoms with van der Waals surface area (Å²) in [7, 11) is 1.90. The lowest BCUT2D eigenvalue weighted by Gasteiger charge is -2.42. The maximum absolute atomic E-state index is 13.0. The SMILES string of the molecule is CNCCCCCC(=O)N[C@@H](Cc1ccccc1)C(=O)NCCCCCCO[C@@H]1OC(CO)[C@@H](O)C(O)C1NC(C)=O. The Kier molecular flexibility index (Phi) is 17.2. The van der Waals surface area contributed by atoms with E-state index in [1.54, 1.807) is 0 Å². The van der Waals surface area contributed by atoms with E-state index in [1.807, 2.05) is 37.4 Å². The van der Waals surface area contributed by atoms with Gasteiger partial charge in [0.1, 0.15) is 30.4 Å². The van der Waals surface area contributed by atoms with E-state index in [0.717, 1.165) is 50.6 Å². The normalized spacial score (nSPS) is 22.7. The number of unbranched alkanes of at least 4 members (excludes halogenated alkanes) is 5. The number of carbonyl (C=O) groups is 3. The van der Waals surface area contributed by atoms with Crippen molar-refractivity contribution in [1.29, 1.82) is 0 Å². The minimum Gasteiger partial charge on any atom is -0.394 e. The lowest BCUT2D eigenvalue weighted by Crippen LogP contribution is -2.64. The van der Waals surface area contributed by atoms with Crippen molar-refractivity contribution in [2.75, 3.05) is 33.4 Å². The van der Waals surface area contributed by atoms with E-state index in [2.05, 4.69) is 21.3 Å². The van der Waals surface area contributed by atoms with Gasteiger partial charge in [-0.2, -0.15) is 0 Å². The van der Waals surface area contributed by atoms with Crippen molar-refractivity contribution in [2.45, 2.75) is 101 Å². The average molecular weight is 595 g/mol. The molecule has 0 bridgehead atoms. The quantitative estimate of drug-likeness (QED) is 0.103. The number of ether oxygens (including phenoxy) is 2.